The Morgan fingerprint density at radius 2 is 0.398 bits per heavy atom. The average Bonchev–Trinajstić information content (AvgIpc) is 1.58. The molecule has 0 spiro atoms. The van der Waals surface area contributed by atoms with Gasteiger partial charge in [0.15, 0.2) is 11.6 Å². The Bertz CT molecular complexity index is 4430. The molecule has 0 radical (unpaired) electrons. The molecule has 8 nitrogen and oxygen atoms in total. The largest absolute Gasteiger partial charge is 2.00 e. The van der Waals surface area contributed by atoms with Crippen molar-refractivity contribution >= 4 is 44.1 Å². The van der Waals surface area contributed by atoms with Crippen molar-refractivity contribution in [3.8, 4) is 67.8 Å². The van der Waals surface area contributed by atoms with Crippen LogP contribution >= 0.6 is 0 Å². The van der Waals surface area contributed by atoms with Gasteiger partial charge in [-0.25, -0.2) is 15.0 Å². The van der Waals surface area contributed by atoms with E-state index >= 15 is 0 Å². The molecule has 602 valence electrons. The molecule has 0 aliphatic carbocycles. The first-order valence-corrected chi connectivity index (χ1v) is 46.9. The van der Waals surface area contributed by atoms with Crippen LogP contribution in [0.4, 0.5) is 0 Å². The van der Waals surface area contributed by atoms with Gasteiger partial charge in [0, 0.05) is 55.6 Å². The van der Waals surface area contributed by atoms with Crippen molar-refractivity contribution in [1.82, 2.24) is 39.9 Å². The van der Waals surface area contributed by atoms with Crippen molar-refractivity contribution in [3.05, 3.63) is 143 Å². The van der Waals surface area contributed by atoms with E-state index in [-0.39, 0.29) is 19.5 Å². The number of hydrogen-bond donors (Lipinski definition) is 0. The maximum atomic E-state index is 6.12. The molecule has 9 aromatic rings. The van der Waals surface area contributed by atoms with Gasteiger partial charge in [-0.3, -0.25) is 0 Å². The molecule has 113 heavy (non-hydrogen) atoms. The smallest absolute Gasteiger partial charge is 0.357 e. The number of fused-ring (bicyclic) bond motifs is 20. The fourth-order valence-corrected chi connectivity index (χ4v) is 18.2. The molecule has 8 bridgehead atoms. The third-order valence-electron chi connectivity index (χ3n) is 24.8. The van der Waals surface area contributed by atoms with E-state index in [4.69, 9.17) is 39.9 Å². The second kappa shape index (κ2) is 50.0. The Balaban J connectivity index is 0.0000135. The van der Waals surface area contributed by atoms with Crippen LogP contribution in [-0.4, -0.2) is 29.9 Å². The molecule has 5 heterocycles. The van der Waals surface area contributed by atoms with E-state index in [1.54, 1.807) is 0 Å². The third-order valence-corrected chi connectivity index (χ3v) is 24.8. The normalized spacial score (nSPS) is 11.9. The summed E-state index contributed by atoms with van der Waals surface area (Å²) < 4.78 is 0. The van der Waals surface area contributed by atoms with E-state index in [9.17, 15) is 0 Å². The molecule has 0 saturated carbocycles. The molecule has 3 aromatic heterocycles. The Hall–Kier alpha value is -6.70. The molecule has 0 amide bonds. The number of aromatic nitrogens is 8. The SMILES string of the molecule is CCCCCCCCCCc1ccc(CCCCCCCCCC)c2c1-c1nc3nc(nc4[n-]c(nc5[n-]c(nc-2n1)c1c(CCCCCCCCCC)ccc(CCCCCCCCCC)c51)c1c(-c2ccccc2)ccc(-c2ccccc2)c41)-c1c(CCCCCCCCCC)ccc(CCCCCCCCCC)c1-3.[Zn+2]. The summed E-state index contributed by atoms with van der Waals surface area (Å²) in [6.45, 7) is 13.9. The zero-order valence-electron chi connectivity index (χ0n) is 71.9. The van der Waals surface area contributed by atoms with E-state index in [0.29, 0.717) is 22.8 Å². The van der Waals surface area contributed by atoms with E-state index < -0.39 is 0 Å². The molecular weight excluding hydrogens is 1430 g/mol. The van der Waals surface area contributed by atoms with Crippen molar-refractivity contribution in [1.29, 1.82) is 0 Å². The van der Waals surface area contributed by atoms with Crippen molar-refractivity contribution in [2.75, 3.05) is 0 Å². The van der Waals surface area contributed by atoms with Crippen LogP contribution in [0.25, 0.3) is 112 Å². The monoisotopic (exact) mass is 1570 g/mol. The summed E-state index contributed by atoms with van der Waals surface area (Å²) in [5.74, 6) is 2.88. The zero-order valence-corrected chi connectivity index (χ0v) is 74.8. The Morgan fingerprint density at radius 1 is 0.195 bits per heavy atom. The van der Waals surface area contributed by atoms with Gasteiger partial charge in [-0.2, -0.15) is 0 Å². The van der Waals surface area contributed by atoms with E-state index in [0.717, 1.165) is 166 Å². The first-order chi connectivity index (χ1) is 55.5. The second-order valence-corrected chi connectivity index (χ2v) is 33.9. The second-order valence-electron chi connectivity index (χ2n) is 33.9. The molecule has 0 atom stereocenters. The van der Waals surface area contributed by atoms with E-state index in [2.05, 4.69) is 151 Å². The summed E-state index contributed by atoms with van der Waals surface area (Å²) in [4.78, 5) is 48.2. The van der Waals surface area contributed by atoms with Crippen molar-refractivity contribution in [2.45, 2.75) is 388 Å². The summed E-state index contributed by atoms with van der Waals surface area (Å²) in [7, 11) is 0. The summed E-state index contributed by atoms with van der Waals surface area (Å²) in [5, 5.41) is 4.20. The van der Waals surface area contributed by atoms with Gasteiger partial charge >= 0.3 is 19.5 Å². The van der Waals surface area contributed by atoms with Crippen LogP contribution in [0.1, 0.15) is 383 Å². The summed E-state index contributed by atoms with van der Waals surface area (Å²) in [6.07, 6.45) is 66.4. The van der Waals surface area contributed by atoms with Crippen LogP contribution in [0.2, 0.25) is 0 Å². The minimum Gasteiger partial charge on any atom is -0.357 e. The zero-order chi connectivity index (χ0) is 77.6. The van der Waals surface area contributed by atoms with Crippen LogP contribution in [0.3, 0.4) is 0 Å². The van der Waals surface area contributed by atoms with Gasteiger partial charge in [0.25, 0.3) is 0 Å². The molecule has 11 rings (SSSR count). The molecule has 0 N–H and O–H groups in total. The number of rotatable bonds is 56. The van der Waals surface area contributed by atoms with Crippen LogP contribution in [0.5, 0.6) is 0 Å². The molecule has 0 unspecified atom stereocenters. The standard InChI is InChI=1S/C104H144N8.Zn/c1-7-13-19-25-31-37-43-51-65-81-71-72-82(66-52-44-38-32-26-20-14-8-2)90-89(81)97-105-98(90)107-100-92-84(68-54-46-40-34-28-22-16-10-4)74-76-86(70-56-48-42-36-30-24-18-12-6)94(92)102(109-100)111-104-96-88(80-63-59-50-60-64-80)78-77-87(79-61-57-49-58-62-79)95(96)103(112-104)110-101-93-85(69-55-47-41-35-29-23-17-11-5)75-73-83(91(93)99(106-97)108-101)67-53-45-39-33-27-21-15-9-3;/h49-50,57-64,71-78H,7-48,51-56,65-70H2,1-6H3;/q-2;+2. The van der Waals surface area contributed by atoms with Crippen molar-refractivity contribution in [2.24, 2.45) is 0 Å². The van der Waals surface area contributed by atoms with Gasteiger partial charge in [0.1, 0.15) is 0 Å². The Morgan fingerprint density at radius 3 is 0.664 bits per heavy atom. The predicted molar refractivity (Wildman–Crippen MR) is 483 cm³/mol. The first kappa shape index (κ1) is 88.7. The Labute approximate surface area is 697 Å². The van der Waals surface area contributed by atoms with E-state index in [1.807, 2.05) is 0 Å². The fourth-order valence-electron chi connectivity index (χ4n) is 18.2. The van der Waals surface area contributed by atoms with Gasteiger partial charge in [-0.15, -0.1) is 0 Å². The quantitative estimate of drug-likeness (QED) is 0.0274. The van der Waals surface area contributed by atoms with Crippen LogP contribution in [0, 0.1) is 0 Å². The maximum Gasteiger partial charge on any atom is 2.00 e. The molecule has 2 aliphatic rings. The minimum absolute atomic E-state index is 0. The minimum atomic E-state index is 0. The number of hydrogen-bond acceptors (Lipinski definition) is 6. The summed E-state index contributed by atoms with van der Waals surface area (Å²) in [5.41, 5.74) is 19.4. The van der Waals surface area contributed by atoms with Crippen LogP contribution in [0.15, 0.2) is 109 Å². The number of aryl methyl sites for hydroxylation is 6. The predicted octanol–water partition coefficient (Wildman–Crippen LogP) is 31.6. The molecule has 9 heteroatoms. The molecule has 0 fully saturated rings. The topological polar surface area (TPSA) is 106 Å². The van der Waals surface area contributed by atoms with Crippen LogP contribution in [-0.2, 0) is 58.0 Å². The van der Waals surface area contributed by atoms with Crippen molar-refractivity contribution in [3.63, 3.8) is 0 Å². The van der Waals surface area contributed by atoms with Gasteiger partial charge in [-0.1, -0.05) is 420 Å². The molecule has 0 saturated heterocycles. The molecule has 2 aliphatic heterocycles. The summed E-state index contributed by atoms with van der Waals surface area (Å²) >= 11 is 0. The van der Waals surface area contributed by atoms with E-state index in [1.165, 1.54) is 303 Å². The van der Waals surface area contributed by atoms with Crippen molar-refractivity contribution < 1.29 is 19.5 Å². The fraction of sp³-hybridized carbons (Fsp3) is 0.577. The number of nitrogens with zero attached hydrogens (tertiary/aromatic N) is 8. The average molecular weight is 1570 g/mol. The maximum absolute atomic E-state index is 6.12. The van der Waals surface area contributed by atoms with Gasteiger partial charge in [0.2, 0.25) is 0 Å². The molecular formula is C104H144N8Zn. The molecule has 6 aromatic carbocycles. The third kappa shape index (κ3) is 25.7. The number of unbranched alkanes of at least 4 members (excludes halogenated alkanes) is 42. The van der Waals surface area contributed by atoms with Gasteiger partial charge in [0.05, 0.1) is 11.6 Å². The van der Waals surface area contributed by atoms with Gasteiger partial charge < -0.3 is 24.9 Å². The summed E-state index contributed by atoms with van der Waals surface area (Å²) in [6, 6.07) is 41.3. The van der Waals surface area contributed by atoms with Crippen LogP contribution < -0.4 is 9.97 Å². The Kier molecular flexibility index (Phi) is 39.3. The first-order valence-electron chi connectivity index (χ1n) is 46.9. The van der Waals surface area contributed by atoms with Gasteiger partial charge in [-0.05, 0) is 143 Å². The number of benzene rings is 6.